The van der Waals surface area contributed by atoms with Gasteiger partial charge >= 0.3 is 0 Å². The molecule has 3 nitrogen and oxygen atoms in total. The van der Waals surface area contributed by atoms with Crippen LogP contribution in [0.2, 0.25) is 0 Å². The summed E-state index contributed by atoms with van der Waals surface area (Å²) >= 11 is 1.23. The lowest BCUT2D eigenvalue weighted by molar-refractivity contribution is -0.00138. The van der Waals surface area contributed by atoms with E-state index >= 15 is 0 Å². The highest BCUT2D eigenvalue weighted by molar-refractivity contribution is 7.20. The highest BCUT2D eigenvalue weighted by Crippen LogP contribution is 2.53. The molecule has 1 saturated carbocycles. The summed E-state index contributed by atoms with van der Waals surface area (Å²) in [5.74, 6) is -1.29. The Hall–Kier alpha value is -1.53. The van der Waals surface area contributed by atoms with Crippen LogP contribution >= 0.6 is 11.3 Å². The van der Waals surface area contributed by atoms with Gasteiger partial charge < -0.3 is 5.32 Å². The van der Waals surface area contributed by atoms with Crippen molar-refractivity contribution >= 4 is 27.3 Å². The minimum absolute atomic E-state index is 0.109. The summed E-state index contributed by atoms with van der Waals surface area (Å²) < 4.78 is 27.3. The molecule has 4 aliphatic rings. The van der Waals surface area contributed by atoms with Crippen molar-refractivity contribution in [2.75, 3.05) is 13.1 Å². The number of benzene rings is 1. The number of halogens is 2. The normalized spacial score (nSPS) is 30.0. The highest BCUT2D eigenvalue weighted by Gasteiger charge is 2.60. The SMILES string of the molecule is O=C(NC1C2CCN(CC2)C12CC2)c1cc2cc(F)c(F)cc2s1. The number of nitrogens with one attached hydrogen (secondary N) is 1. The fourth-order valence-electron chi connectivity index (χ4n) is 4.68. The molecule has 1 aromatic heterocycles. The molecule has 6 heteroatoms. The Labute approximate surface area is 142 Å². The van der Waals surface area contributed by atoms with Gasteiger partial charge in [0.15, 0.2) is 11.6 Å². The Balaban J connectivity index is 1.43. The number of carbonyl (C=O) groups excluding carboxylic acids is 1. The number of hydrogen-bond acceptors (Lipinski definition) is 3. The van der Waals surface area contributed by atoms with E-state index in [1.165, 1.54) is 17.4 Å². The molecule has 1 unspecified atom stereocenters. The second kappa shape index (κ2) is 4.99. The van der Waals surface area contributed by atoms with Gasteiger partial charge in [0, 0.05) is 10.2 Å². The predicted molar refractivity (Wildman–Crippen MR) is 89.3 cm³/mol. The van der Waals surface area contributed by atoms with Gasteiger partial charge in [0.2, 0.25) is 0 Å². The molecule has 3 saturated heterocycles. The van der Waals surface area contributed by atoms with E-state index in [-0.39, 0.29) is 17.5 Å². The fraction of sp³-hybridized carbons (Fsp3) is 0.500. The van der Waals surface area contributed by atoms with E-state index in [1.54, 1.807) is 6.07 Å². The summed E-state index contributed by atoms with van der Waals surface area (Å²) in [6.45, 7) is 2.30. The number of hydrogen-bond donors (Lipinski definition) is 1. The fourth-order valence-corrected chi connectivity index (χ4v) is 5.65. The molecular weight excluding hydrogens is 330 g/mol. The van der Waals surface area contributed by atoms with Gasteiger partial charge in [0.05, 0.1) is 10.9 Å². The van der Waals surface area contributed by atoms with Crippen molar-refractivity contribution in [3.8, 4) is 0 Å². The van der Waals surface area contributed by atoms with Crippen LogP contribution in [0.15, 0.2) is 18.2 Å². The molecule has 1 aromatic carbocycles. The standard InChI is InChI=1S/C18H18F2N2OS/c19-12-7-11-8-15(24-14(11)9-13(12)20)17(23)21-16-10-1-5-22(6-2-10)18(16)3-4-18/h7-10,16H,1-6H2,(H,21,23). The van der Waals surface area contributed by atoms with Crippen LogP contribution in [0.4, 0.5) is 8.78 Å². The summed E-state index contributed by atoms with van der Waals surface area (Å²) in [6.07, 6.45) is 4.62. The van der Waals surface area contributed by atoms with Crippen molar-refractivity contribution in [1.82, 2.24) is 10.2 Å². The molecule has 1 N–H and O–H groups in total. The van der Waals surface area contributed by atoms with E-state index < -0.39 is 11.6 Å². The van der Waals surface area contributed by atoms with Crippen molar-refractivity contribution in [2.45, 2.75) is 37.3 Å². The van der Waals surface area contributed by atoms with Crippen LogP contribution in [0.3, 0.4) is 0 Å². The van der Waals surface area contributed by atoms with Crippen molar-refractivity contribution in [3.05, 3.63) is 34.7 Å². The van der Waals surface area contributed by atoms with Crippen molar-refractivity contribution < 1.29 is 13.6 Å². The number of nitrogens with zero attached hydrogens (tertiary/aromatic N) is 1. The first kappa shape index (κ1) is 14.8. The molecule has 4 heterocycles. The van der Waals surface area contributed by atoms with Gasteiger partial charge in [-0.25, -0.2) is 8.78 Å². The summed E-state index contributed by atoms with van der Waals surface area (Å²) in [7, 11) is 0. The zero-order valence-electron chi connectivity index (χ0n) is 13.1. The second-order valence-electron chi connectivity index (χ2n) is 7.29. The summed E-state index contributed by atoms with van der Waals surface area (Å²) in [5, 5.41) is 3.83. The molecule has 2 bridgehead atoms. The number of carbonyl (C=O) groups is 1. The van der Waals surface area contributed by atoms with Crippen LogP contribution < -0.4 is 5.32 Å². The zero-order valence-corrected chi connectivity index (χ0v) is 14.0. The van der Waals surface area contributed by atoms with E-state index in [0.717, 1.165) is 44.8 Å². The molecule has 1 atom stereocenters. The van der Waals surface area contributed by atoms with Crippen LogP contribution in [-0.4, -0.2) is 35.5 Å². The van der Waals surface area contributed by atoms with Crippen molar-refractivity contribution in [3.63, 3.8) is 0 Å². The molecule has 1 aliphatic carbocycles. The monoisotopic (exact) mass is 348 g/mol. The van der Waals surface area contributed by atoms with E-state index in [4.69, 9.17) is 0 Å². The van der Waals surface area contributed by atoms with E-state index in [9.17, 15) is 13.6 Å². The molecule has 1 amide bonds. The van der Waals surface area contributed by atoms with Crippen LogP contribution in [-0.2, 0) is 0 Å². The lowest BCUT2D eigenvalue weighted by Crippen LogP contribution is -2.65. The third kappa shape index (κ3) is 2.05. The maximum absolute atomic E-state index is 13.4. The molecule has 24 heavy (non-hydrogen) atoms. The Morgan fingerprint density at radius 3 is 2.58 bits per heavy atom. The first-order valence-electron chi connectivity index (χ1n) is 8.51. The molecular formula is C18H18F2N2OS. The molecule has 1 spiro atoms. The third-order valence-corrected chi connectivity index (χ3v) is 7.15. The molecule has 126 valence electrons. The minimum atomic E-state index is -0.874. The van der Waals surface area contributed by atoms with Gasteiger partial charge in [-0.1, -0.05) is 0 Å². The van der Waals surface area contributed by atoms with Gasteiger partial charge in [-0.15, -0.1) is 11.3 Å². The van der Waals surface area contributed by atoms with E-state index in [0.29, 0.717) is 20.9 Å². The van der Waals surface area contributed by atoms with Gasteiger partial charge in [0.25, 0.3) is 5.91 Å². The maximum atomic E-state index is 13.4. The van der Waals surface area contributed by atoms with Crippen LogP contribution in [0.1, 0.15) is 35.4 Å². The van der Waals surface area contributed by atoms with E-state index in [1.807, 2.05) is 0 Å². The van der Waals surface area contributed by atoms with Gasteiger partial charge in [-0.2, -0.15) is 0 Å². The molecule has 0 radical (unpaired) electrons. The number of thiophene rings is 1. The summed E-state index contributed by atoms with van der Waals surface area (Å²) in [4.78, 5) is 15.8. The van der Waals surface area contributed by atoms with Crippen molar-refractivity contribution in [2.24, 2.45) is 5.92 Å². The molecule has 2 aromatic rings. The number of fused-ring (bicyclic) bond motifs is 3. The van der Waals surface area contributed by atoms with Gasteiger partial charge in [0.1, 0.15) is 0 Å². The van der Waals surface area contributed by atoms with E-state index in [2.05, 4.69) is 10.2 Å². The van der Waals surface area contributed by atoms with Crippen LogP contribution in [0, 0.1) is 17.6 Å². The zero-order chi connectivity index (χ0) is 16.5. The lowest BCUT2D eigenvalue weighted by Gasteiger charge is -2.52. The third-order valence-electron chi connectivity index (χ3n) is 6.05. The second-order valence-corrected chi connectivity index (χ2v) is 8.38. The Morgan fingerprint density at radius 2 is 1.88 bits per heavy atom. The van der Waals surface area contributed by atoms with Gasteiger partial charge in [-0.3, -0.25) is 9.69 Å². The minimum Gasteiger partial charge on any atom is -0.346 e. The Kier molecular flexibility index (Phi) is 3.07. The lowest BCUT2D eigenvalue weighted by atomic mass is 9.77. The molecule has 3 aliphatic heterocycles. The number of amides is 1. The highest BCUT2D eigenvalue weighted by atomic mass is 32.1. The summed E-state index contributed by atoms with van der Waals surface area (Å²) in [5.41, 5.74) is 0.186. The van der Waals surface area contributed by atoms with Crippen LogP contribution in [0.25, 0.3) is 10.1 Å². The number of rotatable bonds is 2. The molecule has 6 rings (SSSR count). The smallest absolute Gasteiger partial charge is 0.261 e. The van der Waals surface area contributed by atoms with Crippen LogP contribution in [0.5, 0.6) is 0 Å². The summed E-state index contributed by atoms with van der Waals surface area (Å²) in [6, 6.07) is 4.21. The largest absolute Gasteiger partial charge is 0.346 e. The molecule has 4 fully saturated rings. The first-order valence-corrected chi connectivity index (χ1v) is 9.33. The average molecular weight is 348 g/mol. The number of piperidine rings is 3. The first-order chi connectivity index (χ1) is 11.6. The maximum Gasteiger partial charge on any atom is 0.261 e. The predicted octanol–water partition coefficient (Wildman–Crippen LogP) is 3.54. The Morgan fingerprint density at radius 1 is 1.17 bits per heavy atom. The average Bonchev–Trinajstić information content (AvgIpc) is 3.25. The topological polar surface area (TPSA) is 32.3 Å². The quantitative estimate of drug-likeness (QED) is 0.900. The Bertz CT molecular complexity index is 798. The van der Waals surface area contributed by atoms with Gasteiger partial charge in [-0.05, 0) is 68.3 Å². The van der Waals surface area contributed by atoms with Crippen molar-refractivity contribution in [1.29, 1.82) is 0 Å².